The molecule has 4 aliphatic rings. The fraction of sp³-hybridized carbons (Fsp3) is 0.742. The van der Waals surface area contributed by atoms with E-state index >= 15 is 0 Å². The number of methoxy groups -OCH3 is 4. The lowest BCUT2D eigenvalue weighted by Crippen LogP contribution is -2.80. The van der Waals surface area contributed by atoms with E-state index in [9.17, 15) is 19.2 Å². The number of allylic oxidation sites excluding steroid dienone is 4. The zero-order valence-electron chi connectivity index (χ0n) is 25.1. The Bertz CT molecular complexity index is 1140. The summed E-state index contributed by atoms with van der Waals surface area (Å²) in [6.07, 6.45) is 5.93. The highest BCUT2D eigenvalue weighted by molar-refractivity contribution is 6.02. The van der Waals surface area contributed by atoms with Crippen LogP contribution in [0, 0.1) is 44.3 Å². The van der Waals surface area contributed by atoms with Gasteiger partial charge in [-0.15, -0.1) is 0 Å². The number of ether oxygens (including phenoxy) is 4. The molecule has 8 heteroatoms. The van der Waals surface area contributed by atoms with Crippen molar-refractivity contribution in [3.05, 3.63) is 23.3 Å². The number of carbonyl (C=O) groups is 4. The minimum atomic E-state index is -1.49. The summed E-state index contributed by atoms with van der Waals surface area (Å²) < 4.78 is 20.9. The molecule has 4 fully saturated rings. The molecular weight excluding hydrogens is 500 g/mol. The number of esters is 4. The lowest BCUT2D eigenvalue weighted by molar-refractivity contribution is -0.299. The van der Waals surface area contributed by atoms with Crippen LogP contribution in [0.2, 0.25) is 0 Å². The third kappa shape index (κ3) is 3.23. The molecule has 0 aromatic rings. The fourth-order valence-corrected chi connectivity index (χ4v) is 9.82. The Morgan fingerprint density at radius 1 is 0.821 bits per heavy atom. The highest BCUT2D eigenvalue weighted by Gasteiger charge is 2.91. The van der Waals surface area contributed by atoms with Gasteiger partial charge < -0.3 is 18.9 Å². The van der Waals surface area contributed by atoms with Gasteiger partial charge in [-0.3, -0.25) is 19.2 Å². The van der Waals surface area contributed by atoms with Crippen LogP contribution in [0.1, 0.15) is 73.6 Å². The molecule has 0 heterocycles. The van der Waals surface area contributed by atoms with Gasteiger partial charge >= 0.3 is 23.9 Å². The lowest BCUT2D eigenvalue weighted by atomic mass is 9.18. The molecule has 8 nitrogen and oxygen atoms in total. The fourth-order valence-electron chi connectivity index (χ4n) is 9.82. The summed E-state index contributed by atoms with van der Waals surface area (Å²) in [4.78, 5) is 53.5. The van der Waals surface area contributed by atoms with Crippen LogP contribution >= 0.6 is 0 Å². The molecule has 0 aliphatic heterocycles. The lowest BCUT2D eigenvalue weighted by Gasteiger charge is -2.84. The maximum absolute atomic E-state index is 13.4. The van der Waals surface area contributed by atoms with E-state index in [0.717, 1.165) is 0 Å². The van der Waals surface area contributed by atoms with Crippen molar-refractivity contribution >= 4 is 23.9 Å². The molecule has 0 aromatic carbocycles. The van der Waals surface area contributed by atoms with Crippen molar-refractivity contribution in [3.63, 3.8) is 0 Å². The van der Waals surface area contributed by atoms with Gasteiger partial charge in [-0.25, -0.2) is 0 Å². The SMILES string of the molecule is C/C=C1\C2CC(C(=O)OC)(C(=O)OC)CC23C2CC(C(=O)OC)(C(=O)OC)CC/C(=C\C(C)(C)C)C2(C)C13C. The topological polar surface area (TPSA) is 105 Å². The maximum Gasteiger partial charge on any atom is 0.323 e. The van der Waals surface area contributed by atoms with Crippen LogP contribution in [0.25, 0.3) is 0 Å². The van der Waals surface area contributed by atoms with Crippen LogP contribution in [0.3, 0.4) is 0 Å². The maximum atomic E-state index is 13.4. The van der Waals surface area contributed by atoms with Crippen LogP contribution in [0.5, 0.6) is 0 Å². The second kappa shape index (κ2) is 8.93. The molecule has 4 saturated carbocycles. The second-order valence-electron chi connectivity index (χ2n) is 13.5. The molecule has 0 aromatic heterocycles. The summed E-state index contributed by atoms with van der Waals surface area (Å²) in [5, 5.41) is 0. The van der Waals surface area contributed by atoms with Crippen LogP contribution in [-0.4, -0.2) is 52.3 Å². The predicted octanol–water partition coefficient (Wildman–Crippen LogP) is 4.81. The molecule has 0 amide bonds. The quantitative estimate of drug-likeness (QED) is 0.215. The molecule has 5 atom stereocenters. The summed E-state index contributed by atoms with van der Waals surface area (Å²) >= 11 is 0. The first-order chi connectivity index (χ1) is 18.1. The average Bonchev–Trinajstić information content (AvgIpc) is 3.19. The van der Waals surface area contributed by atoms with E-state index in [-0.39, 0.29) is 42.9 Å². The first kappa shape index (κ1) is 29.3. The third-order valence-electron chi connectivity index (χ3n) is 11.3. The largest absolute Gasteiger partial charge is 0.468 e. The molecule has 39 heavy (non-hydrogen) atoms. The molecule has 0 bridgehead atoms. The highest BCUT2D eigenvalue weighted by Crippen LogP contribution is 2.94. The highest BCUT2D eigenvalue weighted by atomic mass is 16.6. The molecule has 0 N–H and O–H groups in total. The predicted molar refractivity (Wildman–Crippen MR) is 143 cm³/mol. The van der Waals surface area contributed by atoms with Gasteiger partial charge in [0.15, 0.2) is 10.8 Å². The van der Waals surface area contributed by atoms with Gasteiger partial charge in [0.25, 0.3) is 0 Å². The van der Waals surface area contributed by atoms with Gasteiger partial charge in [0.05, 0.1) is 28.4 Å². The van der Waals surface area contributed by atoms with Crippen LogP contribution in [0.4, 0.5) is 0 Å². The second-order valence-corrected chi connectivity index (χ2v) is 13.5. The first-order valence-electron chi connectivity index (χ1n) is 13.8. The van der Waals surface area contributed by atoms with E-state index in [4.69, 9.17) is 18.9 Å². The smallest absolute Gasteiger partial charge is 0.323 e. The van der Waals surface area contributed by atoms with Crippen molar-refractivity contribution in [1.29, 1.82) is 0 Å². The van der Waals surface area contributed by atoms with Crippen LogP contribution in [-0.2, 0) is 38.1 Å². The van der Waals surface area contributed by atoms with Crippen molar-refractivity contribution in [3.8, 4) is 0 Å². The molecule has 216 valence electrons. The summed E-state index contributed by atoms with van der Waals surface area (Å²) in [5.74, 6) is -2.70. The zero-order valence-corrected chi connectivity index (χ0v) is 25.1. The molecule has 4 rings (SSSR count). The minimum Gasteiger partial charge on any atom is -0.468 e. The Morgan fingerprint density at radius 3 is 1.74 bits per heavy atom. The van der Waals surface area contributed by atoms with Crippen molar-refractivity contribution < 1.29 is 38.1 Å². The van der Waals surface area contributed by atoms with Crippen molar-refractivity contribution in [1.82, 2.24) is 0 Å². The van der Waals surface area contributed by atoms with E-state index < -0.39 is 51.0 Å². The zero-order chi connectivity index (χ0) is 29.4. The average molecular weight is 545 g/mol. The van der Waals surface area contributed by atoms with Crippen molar-refractivity contribution in [2.24, 2.45) is 44.3 Å². The van der Waals surface area contributed by atoms with Gasteiger partial charge in [-0.1, -0.05) is 57.9 Å². The van der Waals surface area contributed by atoms with E-state index in [1.807, 2.05) is 6.92 Å². The summed E-state index contributed by atoms with van der Waals surface area (Å²) in [6, 6.07) is 0. The minimum absolute atomic E-state index is 0.0919. The van der Waals surface area contributed by atoms with Crippen LogP contribution < -0.4 is 0 Å². The van der Waals surface area contributed by atoms with Gasteiger partial charge in [0.2, 0.25) is 0 Å². The van der Waals surface area contributed by atoms with Gasteiger partial charge in [-0.2, -0.15) is 0 Å². The monoisotopic (exact) mass is 544 g/mol. The first-order valence-corrected chi connectivity index (χ1v) is 13.8. The molecular formula is C31H44O8. The molecule has 4 aliphatic carbocycles. The summed E-state index contributed by atoms with van der Waals surface area (Å²) in [5.41, 5.74) is -2.05. The summed E-state index contributed by atoms with van der Waals surface area (Å²) in [7, 11) is 5.18. The molecule has 5 unspecified atom stereocenters. The number of carbonyl (C=O) groups excluding carboxylic acids is 4. The van der Waals surface area contributed by atoms with Gasteiger partial charge in [-0.05, 0) is 61.7 Å². The van der Waals surface area contributed by atoms with Crippen molar-refractivity contribution in [2.75, 3.05) is 28.4 Å². The molecule has 0 saturated heterocycles. The van der Waals surface area contributed by atoms with E-state index in [0.29, 0.717) is 6.42 Å². The normalized spacial score (nSPS) is 37.7. The van der Waals surface area contributed by atoms with E-state index in [1.165, 1.54) is 39.6 Å². The number of rotatable bonds is 4. The Kier molecular flexibility index (Phi) is 6.72. The number of hydrogen-bond acceptors (Lipinski definition) is 8. The van der Waals surface area contributed by atoms with Gasteiger partial charge in [0, 0.05) is 10.8 Å². The van der Waals surface area contributed by atoms with E-state index in [2.05, 4.69) is 46.8 Å². The third-order valence-corrected chi connectivity index (χ3v) is 11.3. The Morgan fingerprint density at radius 2 is 1.31 bits per heavy atom. The standard InChI is InChI=1S/C31H44O8/c1-11-19-20-15-30(24(34)38-9,25(35)39-10)17-31(20)21-16-29(22(32)36-7,23(33)37-8)13-12-18(14-26(2,3)4)27(21,5)28(19,31)6/h11,14,20-21H,12-13,15-17H2,1-10H3/b18-14+,19-11+. The van der Waals surface area contributed by atoms with Crippen LogP contribution in [0.15, 0.2) is 23.3 Å². The number of fused-ring (bicyclic) bond motifs is 2. The van der Waals surface area contributed by atoms with E-state index in [1.54, 1.807) is 0 Å². The van der Waals surface area contributed by atoms with Crippen molar-refractivity contribution in [2.45, 2.75) is 73.6 Å². The Hall–Kier alpha value is -2.64. The Balaban J connectivity index is 2.01. The summed E-state index contributed by atoms with van der Waals surface area (Å²) in [6.45, 7) is 12.9. The Labute approximate surface area is 231 Å². The molecule has 0 radical (unpaired) electrons. The number of hydrogen-bond donors (Lipinski definition) is 0. The van der Waals surface area contributed by atoms with Gasteiger partial charge in [0.1, 0.15) is 0 Å². The molecule has 1 spiro atoms.